The molecule has 2 heterocycles. The van der Waals surface area contributed by atoms with E-state index >= 15 is 0 Å². The molecule has 0 aliphatic carbocycles. The summed E-state index contributed by atoms with van der Waals surface area (Å²) in [5.41, 5.74) is 3.68. The molecule has 2 atom stereocenters. The Kier molecular flexibility index (Phi) is 3.88. The number of fused-ring (bicyclic) bond motifs is 1. The highest BCUT2D eigenvalue weighted by Gasteiger charge is 2.34. The van der Waals surface area contributed by atoms with Crippen molar-refractivity contribution < 1.29 is 4.79 Å². The van der Waals surface area contributed by atoms with Gasteiger partial charge in [-0.25, -0.2) is 0 Å². The van der Waals surface area contributed by atoms with E-state index in [4.69, 9.17) is 0 Å². The lowest BCUT2D eigenvalue weighted by Crippen LogP contribution is -2.46. The van der Waals surface area contributed by atoms with E-state index in [1.165, 1.54) is 11.1 Å². The number of carbonyl (C=O) groups is 1. The van der Waals surface area contributed by atoms with E-state index in [0.717, 1.165) is 37.9 Å². The Morgan fingerprint density at radius 3 is 2.65 bits per heavy atom. The van der Waals surface area contributed by atoms with Crippen molar-refractivity contribution in [3.63, 3.8) is 0 Å². The van der Waals surface area contributed by atoms with Crippen molar-refractivity contribution in [3.8, 4) is 0 Å². The SMILES string of the molecule is O=C(C1CCC(c2ccccc2)N1)N1CCCc2ccccc21. The smallest absolute Gasteiger partial charge is 0.244 e. The quantitative estimate of drug-likeness (QED) is 0.921. The van der Waals surface area contributed by atoms with Gasteiger partial charge < -0.3 is 4.90 Å². The summed E-state index contributed by atoms with van der Waals surface area (Å²) < 4.78 is 0. The fraction of sp³-hybridized carbons (Fsp3) is 0.350. The zero-order valence-corrected chi connectivity index (χ0v) is 13.2. The van der Waals surface area contributed by atoms with Gasteiger partial charge in [0, 0.05) is 18.3 Å². The Labute approximate surface area is 137 Å². The first-order chi connectivity index (χ1) is 11.3. The number of hydrogen-bond acceptors (Lipinski definition) is 2. The predicted molar refractivity (Wildman–Crippen MR) is 92.5 cm³/mol. The number of carbonyl (C=O) groups excluding carboxylic acids is 1. The molecule has 118 valence electrons. The highest BCUT2D eigenvalue weighted by atomic mass is 16.2. The molecule has 0 radical (unpaired) electrons. The summed E-state index contributed by atoms with van der Waals surface area (Å²) >= 11 is 0. The third-order valence-corrected chi connectivity index (χ3v) is 5.02. The minimum absolute atomic E-state index is 0.0636. The molecule has 23 heavy (non-hydrogen) atoms. The Hall–Kier alpha value is -2.13. The van der Waals surface area contributed by atoms with Gasteiger partial charge in [-0.05, 0) is 42.9 Å². The van der Waals surface area contributed by atoms with E-state index in [1.54, 1.807) is 0 Å². The fourth-order valence-electron chi connectivity index (χ4n) is 3.84. The van der Waals surface area contributed by atoms with E-state index in [1.807, 2.05) is 17.0 Å². The maximum atomic E-state index is 13.0. The van der Waals surface area contributed by atoms with Gasteiger partial charge in [-0.1, -0.05) is 48.5 Å². The summed E-state index contributed by atoms with van der Waals surface area (Å²) in [5.74, 6) is 0.232. The first-order valence-corrected chi connectivity index (χ1v) is 8.53. The molecular weight excluding hydrogens is 284 g/mol. The number of rotatable bonds is 2. The van der Waals surface area contributed by atoms with Crippen molar-refractivity contribution in [2.24, 2.45) is 0 Å². The minimum Gasteiger partial charge on any atom is -0.311 e. The number of hydrogen-bond donors (Lipinski definition) is 1. The molecule has 1 amide bonds. The number of anilines is 1. The summed E-state index contributed by atoms with van der Waals surface area (Å²) in [6.07, 6.45) is 4.06. The van der Waals surface area contributed by atoms with Gasteiger partial charge in [0.25, 0.3) is 0 Å². The molecule has 3 nitrogen and oxygen atoms in total. The molecule has 2 aromatic rings. The molecule has 2 aliphatic rings. The van der Waals surface area contributed by atoms with E-state index in [-0.39, 0.29) is 11.9 Å². The highest BCUT2D eigenvalue weighted by Crippen LogP contribution is 2.31. The van der Waals surface area contributed by atoms with Gasteiger partial charge in [-0.2, -0.15) is 0 Å². The topological polar surface area (TPSA) is 32.3 Å². The van der Waals surface area contributed by atoms with Crippen LogP contribution in [-0.2, 0) is 11.2 Å². The van der Waals surface area contributed by atoms with Crippen molar-refractivity contribution >= 4 is 11.6 Å². The maximum absolute atomic E-state index is 13.0. The molecule has 0 saturated carbocycles. The van der Waals surface area contributed by atoms with Gasteiger partial charge in [0.1, 0.15) is 0 Å². The second-order valence-corrected chi connectivity index (χ2v) is 6.48. The summed E-state index contributed by atoms with van der Waals surface area (Å²) in [7, 11) is 0. The standard InChI is InChI=1S/C20H22N2O/c23-20(22-14-6-10-16-9-4-5-11-19(16)22)18-13-12-17(21-18)15-7-2-1-3-8-15/h1-5,7-9,11,17-18,21H,6,10,12-14H2. The summed E-state index contributed by atoms with van der Waals surface area (Å²) in [6, 6.07) is 19.0. The minimum atomic E-state index is -0.0636. The van der Waals surface area contributed by atoms with Crippen molar-refractivity contribution in [2.75, 3.05) is 11.4 Å². The number of aryl methyl sites for hydroxylation is 1. The van der Waals surface area contributed by atoms with Crippen LogP contribution < -0.4 is 10.2 Å². The maximum Gasteiger partial charge on any atom is 0.244 e. The number of nitrogens with zero attached hydrogens (tertiary/aromatic N) is 1. The lowest BCUT2D eigenvalue weighted by molar-refractivity contribution is -0.120. The molecule has 1 N–H and O–H groups in total. The normalized spacial score (nSPS) is 23.6. The second kappa shape index (κ2) is 6.17. The molecule has 0 aromatic heterocycles. The first kappa shape index (κ1) is 14.5. The lowest BCUT2D eigenvalue weighted by Gasteiger charge is -2.31. The van der Waals surface area contributed by atoms with Crippen LogP contribution in [0.3, 0.4) is 0 Å². The van der Waals surface area contributed by atoms with Gasteiger partial charge in [-0.3, -0.25) is 10.1 Å². The average Bonchev–Trinajstić information content (AvgIpc) is 3.11. The molecule has 0 bridgehead atoms. The highest BCUT2D eigenvalue weighted by molar-refractivity contribution is 5.98. The Balaban J connectivity index is 1.51. The molecule has 1 saturated heterocycles. The van der Waals surface area contributed by atoms with E-state index in [9.17, 15) is 4.79 Å². The van der Waals surface area contributed by atoms with Crippen molar-refractivity contribution in [3.05, 3.63) is 65.7 Å². The molecule has 1 fully saturated rings. The largest absolute Gasteiger partial charge is 0.311 e. The van der Waals surface area contributed by atoms with Gasteiger partial charge in [-0.15, -0.1) is 0 Å². The predicted octanol–water partition coefficient (Wildman–Crippen LogP) is 3.46. The van der Waals surface area contributed by atoms with Crippen LogP contribution in [0.5, 0.6) is 0 Å². The van der Waals surface area contributed by atoms with E-state index in [0.29, 0.717) is 6.04 Å². The average molecular weight is 306 g/mol. The van der Waals surface area contributed by atoms with Crippen LogP contribution in [0.25, 0.3) is 0 Å². The van der Waals surface area contributed by atoms with Gasteiger partial charge in [0.15, 0.2) is 0 Å². The molecule has 2 aromatic carbocycles. The van der Waals surface area contributed by atoms with Crippen molar-refractivity contribution in [1.29, 1.82) is 0 Å². The summed E-state index contributed by atoms with van der Waals surface area (Å²) in [4.78, 5) is 15.0. The van der Waals surface area contributed by atoms with Gasteiger partial charge in [0.05, 0.1) is 6.04 Å². The molecule has 2 unspecified atom stereocenters. The zero-order valence-electron chi connectivity index (χ0n) is 13.2. The van der Waals surface area contributed by atoms with Crippen LogP contribution in [0.2, 0.25) is 0 Å². The number of nitrogens with one attached hydrogen (secondary N) is 1. The van der Waals surface area contributed by atoms with E-state index in [2.05, 4.69) is 47.8 Å². The monoisotopic (exact) mass is 306 g/mol. The fourth-order valence-corrected chi connectivity index (χ4v) is 3.84. The van der Waals surface area contributed by atoms with Crippen molar-refractivity contribution in [1.82, 2.24) is 5.32 Å². The van der Waals surface area contributed by atoms with Crippen LogP contribution in [0.15, 0.2) is 54.6 Å². The summed E-state index contributed by atoms with van der Waals surface area (Å²) in [6.45, 7) is 0.837. The zero-order chi connectivity index (χ0) is 15.6. The number of benzene rings is 2. The number of para-hydroxylation sites is 1. The van der Waals surface area contributed by atoms with Crippen molar-refractivity contribution in [2.45, 2.75) is 37.8 Å². The van der Waals surface area contributed by atoms with Crippen LogP contribution in [-0.4, -0.2) is 18.5 Å². The molecular formula is C20H22N2O. The first-order valence-electron chi connectivity index (χ1n) is 8.53. The van der Waals surface area contributed by atoms with Crippen LogP contribution in [0, 0.1) is 0 Å². The molecule has 3 heteroatoms. The van der Waals surface area contributed by atoms with Crippen LogP contribution in [0.4, 0.5) is 5.69 Å². The lowest BCUT2D eigenvalue weighted by atomic mass is 10.0. The van der Waals surface area contributed by atoms with Crippen LogP contribution >= 0.6 is 0 Å². The van der Waals surface area contributed by atoms with Crippen LogP contribution in [0.1, 0.15) is 36.4 Å². The van der Waals surface area contributed by atoms with Gasteiger partial charge in [0.2, 0.25) is 5.91 Å². The molecule has 4 rings (SSSR count). The van der Waals surface area contributed by atoms with E-state index < -0.39 is 0 Å². The summed E-state index contributed by atoms with van der Waals surface area (Å²) in [5, 5.41) is 3.54. The number of amides is 1. The Bertz CT molecular complexity index is 698. The Morgan fingerprint density at radius 2 is 1.78 bits per heavy atom. The third-order valence-electron chi connectivity index (χ3n) is 5.02. The molecule has 2 aliphatic heterocycles. The molecule has 0 spiro atoms. The third kappa shape index (κ3) is 2.77. The Morgan fingerprint density at radius 1 is 1.00 bits per heavy atom. The second-order valence-electron chi connectivity index (χ2n) is 6.48. The van der Waals surface area contributed by atoms with Gasteiger partial charge >= 0.3 is 0 Å².